The minimum Gasteiger partial charge on any atom is -0.496 e. The fraction of sp³-hybridized carbons (Fsp3) is 0.579. The maximum absolute atomic E-state index is 12.4. The van der Waals surface area contributed by atoms with Gasteiger partial charge in [0.05, 0.1) is 7.11 Å². The fourth-order valence-corrected chi connectivity index (χ4v) is 2.36. The molecule has 6 heteroatoms. The van der Waals surface area contributed by atoms with Crippen molar-refractivity contribution in [3.05, 3.63) is 29.8 Å². The van der Waals surface area contributed by atoms with Gasteiger partial charge >= 0.3 is 0 Å². The maximum Gasteiger partial charge on any atom is 0.235 e. The highest BCUT2D eigenvalue weighted by molar-refractivity contribution is 6.04. The van der Waals surface area contributed by atoms with Gasteiger partial charge in [-0.15, -0.1) is 0 Å². The highest BCUT2D eigenvalue weighted by Gasteiger charge is 2.35. The van der Waals surface area contributed by atoms with Gasteiger partial charge < -0.3 is 20.3 Å². The number of carbonyl (C=O) groups excluding carboxylic acids is 2. The summed E-state index contributed by atoms with van der Waals surface area (Å²) >= 11 is 0. The van der Waals surface area contributed by atoms with Gasteiger partial charge in [-0.1, -0.05) is 18.2 Å². The summed E-state index contributed by atoms with van der Waals surface area (Å²) in [4.78, 5) is 26.7. The van der Waals surface area contributed by atoms with Crippen LogP contribution in [0.1, 0.15) is 25.8 Å². The lowest BCUT2D eigenvalue weighted by molar-refractivity contribution is -0.141. The van der Waals surface area contributed by atoms with Crippen LogP contribution in [0.4, 0.5) is 0 Å². The van der Waals surface area contributed by atoms with Gasteiger partial charge in [-0.2, -0.15) is 0 Å². The number of benzene rings is 1. The van der Waals surface area contributed by atoms with E-state index in [1.807, 2.05) is 38.4 Å². The van der Waals surface area contributed by atoms with Gasteiger partial charge in [0, 0.05) is 13.1 Å². The van der Waals surface area contributed by atoms with Crippen molar-refractivity contribution in [2.75, 3.05) is 40.8 Å². The van der Waals surface area contributed by atoms with Crippen molar-refractivity contribution in [3.8, 4) is 5.75 Å². The van der Waals surface area contributed by atoms with Crippen LogP contribution in [0.5, 0.6) is 5.75 Å². The van der Waals surface area contributed by atoms with E-state index >= 15 is 0 Å². The van der Waals surface area contributed by atoms with Crippen LogP contribution in [-0.2, 0) is 16.0 Å². The third kappa shape index (κ3) is 6.74. The van der Waals surface area contributed by atoms with Crippen molar-refractivity contribution in [2.45, 2.75) is 26.7 Å². The lowest BCUT2D eigenvalue weighted by Crippen LogP contribution is -2.48. The van der Waals surface area contributed by atoms with Crippen molar-refractivity contribution >= 4 is 11.8 Å². The monoisotopic (exact) mass is 349 g/mol. The Bertz CT molecular complexity index is 571. The molecule has 0 heterocycles. The Morgan fingerprint density at radius 3 is 2.28 bits per heavy atom. The van der Waals surface area contributed by atoms with Gasteiger partial charge in [0.2, 0.25) is 11.8 Å². The van der Waals surface area contributed by atoms with Crippen LogP contribution in [0.2, 0.25) is 0 Å². The van der Waals surface area contributed by atoms with Crippen LogP contribution in [0, 0.1) is 5.41 Å². The third-order valence-corrected chi connectivity index (χ3v) is 4.08. The summed E-state index contributed by atoms with van der Waals surface area (Å²) < 4.78 is 5.30. The van der Waals surface area contributed by atoms with E-state index < -0.39 is 5.41 Å². The van der Waals surface area contributed by atoms with Crippen LogP contribution in [0.15, 0.2) is 24.3 Å². The zero-order valence-corrected chi connectivity index (χ0v) is 16.0. The summed E-state index contributed by atoms with van der Waals surface area (Å²) in [5.41, 5.74) is -0.0740. The van der Waals surface area contributed by atoms with Crippen LogP contribution < -0.4 is 15.4 Å². The van der Waals surface area contributed by atoms with E-state index in [9.17, 15) is 9.59 Å². The van der Waals surface area contributed by atoms with E-state index in [1.165, 1.54) is 0 Å². The van der Waals surface area contributed by atoms with Gasteiger partial charge in [0.15, 0.2) is 0 Å². The van der Waals surface area contributed by atoms with Crippen LogP contribution in [0.25, 0.3) is 0 Å². The summed E-state index contributed by atoms with van der Waals surface area (Å²) in [7, 11) is 5.60. The average Bonchev–Trinajstić information content (AvgIpc) is 2.58. The summed E-state index contributed by atoms with van der Waals surface area (Å²) in [6, 6.07) is 7.70. The molecule has 0 saturated carbocycles. The molecular formula is C19H31N3O3. The molecule has 25 heavy (non-hydrogen) atoms. The smallest absolute Gasteiger partial charge is 0.235 e. The average molecular weight is 349 g/mol. The maximum atomic E-state index is 12.4. The quantitative estimate of drug-likeness (QED) is 0.495. The minimum absolute atomic E-state index is 0.249. The molecule has 0 unspecified atom stereocenters. The van der Waals surface area contributed by atoms with Gasteiger partial charge in [0.1, 0.15) is 11.2 Å². The lowest BCUT2D eigenvalue weighted by atomic mass is 9.91. The molecule has 1 rings (SSSR count). The summed E-state index contributed by atoms with van der Waals surface area (Å²) in [5, 5.41) is 5.69. The molecule has 0 aliphatic rings. The number of rotatable bonds is 10. The fourth-order valence-electron chi connectivity index (χ4n) is 2.36. The molecule has 1 aromatic carbocycles. The molecule has 2 N–H and O–H groups in total. The van der Waals surface area contributed by atoms with Crippen LogP contribution in [0.3, 0.4) is 0 Å². The van der Waals surface area contributed by atoms with Gasteiger partial charge in [0.25, 0.3) is 0 Å². The Balaban J connectivity index is 2.44. The molecule has 6 nitrogen and oxygen atoms in total. The predicted octanol–water partition coefficient (Wildman–Crippen LogP) is 1.45. The highest BCUT2D eigenvalue weighted by atomic mass is 16.5. The molecule has 0 aromatic heterocycles. The zero-order chi connectivity index (χ0) is 18.9. The molecule has 140 valence electrons. The van der Waals surface area contributed by atoms with Crippen molar-refractivity contribution in [3.63, 3.8) is 0 Å². The van der Waals surface area contributed by atoms with Gasteiger partial charge in [-0.05, 0) is 59.0 Å². The number of methoxy groups -OCH3 is 1. The molecule has 0 fully saturated rings. The Morgan fingerprint density at radius 2 is 1.68 bits per heavy atom. The van der Waals surface area contributed by atoms with Crippen molar-refractivity contribution in [1.29, 1.82) is 0 Å². The Labute approximate surface area is 150 Å². The number of hydrogen-bond acceptors (Lipinski definition) is 4. The Morgan fingerprint density at radius 1 is 1.08 bits per heavy atom. The predicted molar refractivity (Wildman–Crippen MR) is 99.7 cm³/mol. The second-order valence-electron chi connectivity index (χ2n) is 6.86. The SMILES string of the molecule is COc1ccccc1CCNC(=O)C(C)(C)C(=O)NCCCN(C)C. The Kier molecular flexibility index (Phi) is 8.41. The second kappa shape index (κ2) is 10.0. The standard InChI is InChI=1S/C19H31N3O3/c1-19(2,17(23)20-12-8-14-22(3)4)18(24)21-13-11-15-9-6-7-10-16(15)25-5/h6-7,9-10H,8,11-14H2,1-5H3,(H,20,23)(H,21,24). The number of hydrogen-bond donors (Lipinski definition) is 2. The third-order valence-electron chi connectivity index (χ3n) is 4.08. The molecule has 0 radical (unpaired) electrons. The van der Waals surface area contributed by atoms with Crippen molar-refractivity contribution in [2.24, 2.45) is 5.41 Å². The molecular weight excluding hydrogens is 318 g/mol. The van der Waals surface area contributed by atoms with E-state index in [2.05, 4.69) is 15.5 Å². The molecule has 0 saturated heterocycles. The lowest BCUT2D eigenvalue weighted by Gasteiger charge is -2.23. The number of ether oxygens (including phenoxy) is 1. The van der Waals surface area contributed by atoms with E-state index in [1.54, 1.807) is 21.0 Å². The van der Waals surface area contributed by atoms with E-state index in [4.69, 9.17) is 4.74 Å². The molecule has 0 atom stereocenters. The molecule has 2 amide bonds. The van der Waals surface area contributed by atoms with E-state index in [0.717, 1.165) is 24.3 Å². The minimum atomic E-state index is -1.10. The van der Waals surface area contributed by atoms with Gasteiger partial charge in [-0.25, -0.2) is 0 Å². The van der Waals surface area contributed by atoms with E-state index in [0.29, 0.717) is 19.5 Å². The Hall–Kier alpha value is -2.08. The first-order chi connectivity index (χ1) is 11.8. The van der Waals surface area contributed by atoms with Crippen LogP contribution >= 0.6 is 0 Å². The normalized spacial score (nSPS) is 11.3. The summed E-state index contributed by atoms with van der Waals surface area (Å²) in [6.07, 6.45) is 1.50. The number of nitrogens with zero attached hydrogens (tertiary/aromatic N) is 1. The second-order valence-corrected chi connectivity index (χ2v) is 6.86. The van der Waals surface area contributed by atoms with Crippen molar-refractivity contribution < 1.29 is 14.3 Å². The van der Waals surface area contributed by atoms with E-state index in [-0.39, 0.29) is 11.8 Å². The first kappa shape index (κ1) is 21.0. The number of carbonyl (C=O) groups is 2. The molecule has 0 spiro atoms. The summed E-state index contributed by atoms with van der Waals surface area (Å²) in [6.45, 7) is 5.21. The number of nitrogens with one attached hydrogen (secondary N) is 2. The number of para-hydroxylation sites is 1. The highest BCUT2D eigenvalue weighted by Crippen LogP contribution is 2.18. The molecule has 0 aliphatic heterocycles. The first-order valence-electron chi connectivity index (χ1n) is 8.62. The molecule has 1 aromatic rings. The molecule has 0 bridgehead atoms. The van der Waals surface area contributed by atoms with Crippen LogP contribution in [-0.4, -0.2) is 57.6 Å². The van der Waals surface area contributed by atoms with Gasteiger partial charge in [-0.3, -0.25) is 9.59 Å². The molecule has 0 aliphatic carbocycles. The first-order valence-corrected chi connectivity index (χ1v) is 8.62. The number of amides is 2. The van der Waals surface area contributed by atoms with Crippen molar-refractivity contribution in [1.82, 2.24) is 15.5 Å². The topological polar surface area (TPSA) is 70.7 Å². The summed E-state index contributed by atoms with van der Waals surface area (Å²) in [5.74, 6) is 0.281. The largest absolute Gasteiger partial charge is 0.496 e. The zero-order valence-electron chi connectivity index (χ0n) is 16.0.